The quantitative estimate of drug-likeness (QED) is 0.121. The second kappa shape index (κ2) is 13.1. The first-order valence-electron chi connectivity index (χ1n) is 15.1. The van der Waals surface area contributed by atoms with Gasteiger partial charge in [-0.1, -0.05) is 127 Å². The van der Waals surface area contributed by atoms with Gasteiger partial charge in [-0.05, 0) is 61.1 Å². The molecule has 0 N–H and O–H groups in total. The van der Waals surface area contributed by atoms with E-state index in [0.29, 0.717) is 0 Å². The van der Waals surface area contributed by atoms with Crippen molar-refractivity contribution in [3.63, 3.8) is 0 Å². The molecule has 3 unspecified atom stereocenters. The van der Waals surface area contributed by atoms with Crippen LogP contribution < -0.4 is 0 Å². The van der Waals surface area contributed by atoms with Crippen molar-refractivity contribution < 1.29 is 0 Å². The lowest BCUT2D eigenvalue weighted by Crippen LogP contribution is -2.05. The minimum atomic E-state index is 0.247. The molecule has 0 fully saturated rings. The SMILES string of the molecule is CC1=CCC(c2cc(-c3ccccc3)c3ccc4c(-c5ccccc5)cc(C5C=CC(C)=CC5)nc4c3n2)C=C1.C[B]P. The fourth-order valence-electron chi connectivity index (χ4n) is 6.00. The average Bonchev–Trinajstić information content (AvgIpc) is 3.05. The Hall–Kier alpha value is -4.07. The summed E-state index contributed by atoms with van der Waals surface area (Å²) in [7, 11) is 2.45. The third-order valence-electron chi connectivity index (χ3n) is 8.30. The summed E-state index contributed by atoms with van der Waals surface area (Å²) in [6.07, 6.45) is 15.6. The number of hydrogen-bond donors (Lipinski definition) is 0. The molecule has 3 atom stereocenters. The first-order valence-corrected chi connectivity index (χ1v) is 15.8. The van der Waals surface area contributed by atoms with Gasteiger partial charge in [-0.2, -0.15) is 9.12 Å². The van der Waals surface area contributed by atoms with E-state index in [9.17, 15) is 0 Å². The predicted molar refractivity (Wildman–Crippen MR) is 190 cm³/mol. The molecule has 0 saturated heterocycles. The number of rotatable bonds is 4. The number of fused-ring (bicyclic) bond motifs is 3. The lowest BCUT2D eigenvalue weighted by Gasteiger charge is -2.20. The Bertz CT molecular complexity index is 1750. The molecule has 0 saturated carbocycles. The van der Waals surface area contributed by atoms with E-state index in [1.54, 1.807) is 0 Å². The Balaban J connectivity index is 0.00000105. The zero-order valence-electron chi connectivity index (χ0n) is 25.2. The second-order valence-corrected chi connectivity index (χ2v) is 12.1. The van der Waals surface area contributed by atoms with Crippen LogP contribution in [0.4, 0.5) is 0 Å². The molecule has 0 bridgehead atoms. The van der Waals surface area contributed by atoms with Gasteiger partial charge in [0.15, 0.2) is 0 Å². The molecule has 1 radical (unpaired) electrons. The minimum absolute atomic E-state index is 0.247. The molecule has 0 aliphatic heterocycles. The van der Waals surface area contributed by atoms with Gasteiger partial charge in [-0.15, -0.1) is 0 Å². The van der Waals surface area contributed by atoms with Crippen molar-refractivity contribution in [3.8, 4) is 22.3 Å². The molecule has 0 amide bonds. The van der Waals surface area contributed by atoms with Crippen LogP contribution in [-0.4, -0.2) is 17.0 Å². The van der Waals surface area contributed by atoms with Crippen LogP contribution in [0.15, 0.2) is 133 Å². The van der Waals surface area contributed by atoms with Gasteiger partial charge in [0.25, 0.3) is 0 Å². The van der Waals surface area contributed by atoms with Crippen molar-refractivity contribution >= 4 is 37.9 Å². The molecule has 2 aliphatic rings. The summed E-state index contributed by atoms with van der Waals surface area (Å²) < 4.78 is 0. The van der Waals surface area contributed by atoms with Crippen molar-refractivity contribution in [1.82, 2.24) is 9.97 Å². The maximum Gasteiger partial charge on any atom is 0.134 e. The Morgan fingerprint density at radius 3 is 1.37 bits per heavy atom. The summed E-state index contributed by atoms with van der Waals surface area (Å²) in [4.78, 5) is 10.8. The van der Waals surface area contributed by atoms with Crippen LogP contribution in [0, 0.1) is 0 Å². The van der Waals surface area contributed by atoms with Gasteiger partial charge in [0.2, 0.25) is 0 Å². The number of pyridine rings is 2. The van der Waals surface area contributed by atoms with Gasteiger partial charge in [-0.3, -0.25) is 0 Å². The van der Waals surface area contributed by atoms with Crippen molar-refractivity contribution in [3.05, 3.63) is 144 Å². The number of nitrogens with zero attached hydrogens (tertiary/aromatic N) is 2. The van der Waals surface area contributed by atoms with Gasteiger partial charge >= 0.3 is 0 Å². The Morgan fingerprint density at radius 2 is 1.02 bits per heavy atom. The highest BCUT2D eigenvalue weighted by Crippen LogP contribution is 2.40. The van der Waals surface area contributed by atoms with E-state index in [0.717, 1.165) is 46.0 Å². The maximum atomic E-state index is 5.40. The third-order valence-corrected chi connectivity index (χ3v) is 8.30. The molecule has 3 aromatic carbocycles. The van der Waals surface area contributed by atoms with Crippen molar-refractivity contribution in [2.45, 2.75) is 45.3 Å². The van der Waals surface area contributed by atoms with E-state index < -0.39 is 0 Å². The Kier molecular flexibility index (Phi) is 8.82. The smallest absolute Gasteiger partial charge is 0.134 e. The molecular formula is C39H37BN2P. The third kappa shape index (κ3) is 6.19. The van der Waals surface area contributed by atoms with Gasteiger partial charge < -0.3 is 0 Å². The first-order chi connectivity index (χ1) is 21.1. The fraction of sp³-hybridized carbons (Fsp3) is 0.179. The summed E-state index contributed by atoms with van der Waals surface area (Å²) in [5.41, 5.74) is 11.6. The fourth-order valence-corrected chi connectivity index (χ4v) is 6.00. The van der Waals surface area contributed by atoms with Crippen molar-refractivity contribution in [1.29, 1.82) is 0 Å². The lowest BCUT2D eigenvalue weighted by atomic mass is 9.89. The highest BCUT2D eigenvalue weighted by molar-refractivity contribution is 7.55. The van der Waals surface area contributed by atoms with Crippen LogP contribution in [-0.2, 0) is 0 Å². The molecule has 5 aromatic rings. The van der Waals surface area contributed by atoms with E-state index in [2.05, 4.69) is 144 Å². The van der Waals surface area contributed by atoms with E-state index in [1.807, 2.05) is 13.8 Å². The first kappa shape index (κ1) is 29.0. The normalized spacial score (nSPS) is 17.7. The van der Waals surface area contributed by atoms with Crippen LogP contribution in [0.25, 0.3) is 44.1 Å². The van der Waals surface area contributed by atoms with Crippen LogP contribution in [0.2, 0.25) is 6.82 Å². The predicted octanol–water partition coefficient (Wildman–Crippen LogP) is 10.6. The van der Waals surface area contributed by atoms with Crippen molar-refractivity contribution in [2.75, 3.05) is 0 Å². The molecular weight excluding hydrogens is 538 g/mol. The summed E-state index contributed by atoms with van der Waals surface area (Å²) in [6, 6.07) is 30.5. The number of allylic oxidation sites excluding steroid dienone is 8. The van der Waals surface area contributed by atoms with Crippen LogP contribution in [0.1, 0.15) is 49.9 Å². The van der Waals surface area contributed by atoms with E-state index in [-0.39, 0.29) is 11.8 Å². The molecule has 2 heterocycles. The largest absolute Gasteiger partial charge is 0.250 e. The minimum Gasteiger partial charge on any atom is -0.250 e. The number of aromatic nitrogens is 2. The van der Waals surface area contributed by atoms with E-state index in [1.165, 1.54) is 33.4 Å². The molecule has 4 heteroatoms. The van der Waals surface area contributed by atoms with Crippen LogP contribution in [0.3, 0.4) is 0 Å². The summed E-state index contributed by atoms with van der Waals surface area (Å²) >= 11 is 0. The highest BCUT2D eigenvalue weighted by Gasteiger charge is 2.21. The van der Waals surface area contributed by atoms with Gasteiger partial charge in [-0.25, -0.2) is 9.97 Å². The lowest BCUT2D eigenvalue weighted by molar-refractivity contribution is 0.812. The van der Waals surface area contributed by atoms with E-state index >= 15 is 0 Å². The molecule has 211 valence electrons. The zero-order chi connectivity index (χ0) is 29.8. The molecule has 7 rings (SSSR count). The average molecular weight is 576 g/mol. The molecule has 43 heavy (non-hydrogen) atoms. The monoisotopic (exact) mass is 575 g/mol. The van der Waals surface area contributed by atoms with Gasteiger partial charge in [0, 0.05) is 34.0 Å². The summed E-state index contributed by atoms with van der Waals surface area (Å²) in [5, 5.41) is 2.29. The topological polar surface area (TPSA) is 25.8 Å². The second-order valence-electron chi connectivity index (χ2n) is 11.4. The molecule has 2 aliphatic carbocycles. The number of hydrogen-bond acceptors (Lipinski definition) is 2. The van der Waals surface area contributed by atoms with Gasteiger partial charge in [0.1, 0.15) is 7.00 Å². The maximum absolute atomic E-state index is 5.40. The van der Waals surface area contributed by atoms with Crippen LogP contribution >= 0.6 is 9.12 Å². The molecule has 0 spiro atoms. The Morgan fingerprint density at radius 1 is 0.628 bits per heavy atom. The molecule has 2 aromatic heterocycles. The Labute approximate surface area is 258 Å². The highest BCUT2D eigenvalue weighted by atomic mass is 31.0. The standard InChI is InChI=1S/C38H32N2.CH5BP/c1-25-13-17-29(18-14-25)35-23-33(27-9-5-3-6-10-27)31-21-22-32-34(28-11-7-4-8-12-28)24-36(40-38(32)37(31)39-35)30-19-15-26(2)16-20-30;1-2-3/h3-17,19,21-24,29-30H,18,20H2,1-2H3;3H2,1H3. The zero-order valence-corrected chi connectivity index (χ0v) is 26.3. The number of benzene rings is 3. The van der Waals surface area contributed by atoms with Crippen molar-refractivity contribution in [2.24, 2.45) is 0 Å². The van der Waals surface area contributed by atoms with Crippen LogP contribution in [0.5, 0.6) is 0 Å². The summed E-state index contributed by atoms with van der Waals surface area (Å²) in [6.45, 7) is 8.21. The molecule has 2 nitrogen and oxygen atoms in total. The van der Waals surface area contributed by atoms with Gasteiger partial charge in [0.05, 0.1) is 11.0 Å². The van der Waals surface area contributed by atoms with E-state index in [4.69, 9.17) is 9.97 Å². The summed E-state index contributed by atoms with van der Waals surface area (Å²) in [5.74, 6) is 0.494.